The summed E-state index contributed by atoms with van der Waals surface area (Å²) in [6, 6.07) is 4.81. The van der Waals surface area contributed by atoms with Gasteiger partial charge in [0.15, 0.2) is 5.96 Å². The molecule has 2 aromatic rings. The topological polar surface area (TPSA) is 78.5 Å². The van der Waals surface area contributed by atoms with Crippen LogP contribution in [0.25, 0.3) is 10.9 Å². The molecule has 1 heterocycles. The number of nitrogens with zero attached hydrogens (tertiary/aromatic N) is 1. The minimum atomic E-state index is -0.234. The van der Waals surface area contributed by atoms with Crippen LogP contribution in [0.2, 0.25) is 0 Å². The van der Waals surface area contributed by atoms with Gasteiger partial charge in [0, 0.05) is 43.2 Å². The van der Waals surface area contributed by atoms with E-state index in [1.165, 1.54) is 19.2 Å². The van der Waals surface area contributed by atoms with Gasteiger partial charge in [-0.3, -0.25) is 9.79 Å². The highest BCUT2D eigenvalue weighted by atomic mass is 19.1. The average Bonchev–Trinajstić information content (AvgIpc) is 3.06. The van der Waals surface area contributed by atoms with Gasteiger partial charge < -0.3 is 20.4 Å². The minimum Gasteiger partial charge on any atom is -0.469 e. The molecule has 0 amide bonds. The van der Waals surface area contributed by atoms with Gasteiger partial charge in [-0.05, 0) is 49.9 Å². The molecule has 0 saturated carbocycles. The lowest BCUT2D eigenvalue weighted by Crippen LogP contribution is -2.38. The molecule has 0 unspecified atom stereocenters. The molecule has 3 N–H and O–H groups in total. The van der Waals surface area contributed by atoms with Crippen LogP contribution in [0.3, 0.4) is 0 Å². The number of methoxy groups -OCH3 is 1. The van der Waals surface area contributed by atoms with Crippen LogP contribution < -0.4 is 10.6 Å². The predicted octanol–water partition coefficient (Wildman–Crippen LogP) is 3.14. The summed E-state index contributed by atoms with van der Waals surface area (Å²) in [6.07, 6.45) is 5.91. The highest BCUT2D eigenvalue weighted by molar-refractivity contribution is 5.83. The highest BCUT2D eigenvalue weighted by Gasteiger charge is 2.05. The van der Waals surface area contributed by atoms with Gasteiger partial charge in [0.1, 0.15) is 5.82 Å². The van der Waals surface area contributed by atoms with Crippen LogP contribution in [-0.4, -0.2) is 43.7 Å². The van der Waals surface area contributed by atoms with Gasteiger partial charge in [-0.25, -0.2) is 4.39 Å². The van der Waals surface area contributed by atoms with Gasteiger partial charge in [-0.2, -0.15) is 0 Å². The smallest absolute Gasteiger partial charge is 0.305 e. The summed E-state index contributed by atoms with van der Waals surface area (Å²) in [6.45, 7) is 4.27. The quantitative estimate of drug-likeness (QED) is 0.258. The number of esters is 1. The Morgan fingerprint density at radius 2 is 2.11 bits per heavy atom. The maximum atomic E-state index is 13.3. The number of halogens is 1. The molecule has 148 valence electrons. The number of carbonyl (C=O) groups is 1. The van der Waals surface area contributed by atoms with Gasteiger partial charge in [0.25, 0.3) is 0 Å². The van der Waals surface area contributed by atoms with E-state index in [9.17, 15) is 9.18 Å². The number of benzene rings is 1. The number of ether oxygens (including phenoxy) is 1. The van der Waals surface area contributed by atoms with Crippen LogP contribution in [0.4, 0.5) is 4.39 Å². The molecule has 7 heteroatoms. The number of unbranched alkanes of at least 4 members (excludes halogenated alkanes) is 2. The van der Waals surface area contributed by atoms with Crippen molar-refractivity contribution in [3.8, 4) is 0 Å². The van der Waals surface area contributed by atoms with Crippen LogP contribution in [0.1, 0.15) is 38.2 Å². The highest BCUT2D eigenvalue weighted by Crippen LogP contribution is 2.19. The molecular formula is C20H29FN4O2. The third-order valence-corrected chi connectivity index (χ3v) is 4.30. The molecule has 1 aromatic heterocycles. The molecule has 0 radical (unpaired) electrons. The lowest BCUT2D eigenvalue weighted by Gasteiger charge is -2.11. The van der Waals surface area contributed by atoms with Crippen LogP contribution in [0.15, 0.2) is 29.4 Å². The number of H-pyrrole nitrogens is 1. The standard InChI is InChI=1S/C20H29FN4O2/c1-3-22-20(23-11-6-4-5-7-19(26)27-2)24-12-10-15-14-25-18-13-16(21)8-9-17(15)18/h8-9,13-14,25H,3-7,10-12H2,1-2H3,(H2,22,23,24). The van der Waals surface area contributed by atoms with Crippen LogP contribution in [0.5, 0.6) is 0 Å². The zero-order chi connectivity index (χ0) is 19.5. The summed E-state index contributed by atoms with van der Waals surface area (Å²) in [5.74, 6) is 0.395. The van der Waals surface area contributed by atoms with Crippen molar-refractivity contribution in [2.24, 2.45) is 4.99 Å². The van der Waals surface area contributed by atoms with Crippen molar-refractivity contribution in [2.75, 3.05) is 26.7 Å². The fraction of sp³-hybridized carbons (Fsp3) is 0.500. The third kappa shape index (κ3) is 6.92. The molecule has 27 heavy (non-hydrogen) atoms. The second-order valence-corrected chi connectivity index (χ2v) is 6.33. The van der Waals surface area contributed by atoms with Crippen LogP contribution in [0, 0.1) is 5.82 Å². The zero-order valence-corrected chi connectivity index (χ0v) is 16.1. The number of nitrogens with one attached hydrogen (secondary N) is 3. The molecule has 0 fully saturated rings. The van der Waals surface area contributed by atoms with Gasteiger partial charge >= 0.3 is 5.97 Å². The molecule has 1 aromatic carbocycles. The van der Waals surface area contributed by atoms with Crippen LogP contribution in [-0.2, 0) is 16.0 Å². The van der Waals surface area contributed by atoms with Crippen molar-refractivity contribution in [1.82, 2.24) is 15.6 Å². The monoisotopic (exact) mass is 376 g/mol. The Morgan fingerprint density at radius 1 is 1.26 bits per heavy atom. The largest absolute Gasteiger partial charge is 0.469 e. The maximum absolute atomic E-state index is 13.3. The Kier molecular flexibility index (Phi) is 8.61. The summed E-state index contributed by atoms with van der Waals surface area (Å²) in [5.41, 5.74) is 1.97. The molecule has 0 aliphatic heterocycles. The Balaban J connectivity index is 1.75. The summed E-state index contributed by atoms with van der Waals surface area (Å²) >= 11 is 0. The van der Waals surface area contributed by atoms with Crippen molar-refractivity contribution in [3.63, 3.8) is 0 Å². The molecular weight excluding hydrogens is 347 g/mol. The Labute approximate surface area is 159 Å². The number of carbonyl (C=O) groups excluding carboxylic acids is 1. The van der Waals surface area contributed by atoms with E-state index in [4.69, 9.17) is 0 Å². The first kappa shape index (κ1) is 20.7. The molecule has 0 atom stereocenters. The van der Waals surface area contributed by atoms with Gasteiger partial charge in [-0.15, -0.1) is 0 Å². The molecule has 0 aliphatic rings. The van der Waals surface area contributed by atoms with Gasteiger partial charge in [0.2, 0.25) is 0 Å². The van der Waals surface area contributed by atoms with Gasteiger partial charge in [-0.1, -0.05) is 6.42 Å². The second-order valence-electron chi connectivity index (χ2n) is 6.33. The van der Waals surface area contributed by atoms with Crippen molar-refractivity contribution in [1.29, 1.82) is 0 Å². The van der Waals surface area contributed by atoms with E-state index in [1.54, 1.807) is 0 Å². The van der Waals surface area contributed by atoms with E-state index < -0.39 is 0 Å². The first-order chi connectivity index (χ1) is 13.1. The maximum Gasteiger partial charge on any atom is 0.305 e. The summed E-state index contributed by atoms with van der Waals surface area (Å²) < 4.78 is 17.9. The number of aromatic nitrogens is 1. The molecule has 0 spiro atoms. The number of fused-ring (bicyclic) bond motifs is 1. The van der Waals surface area contributed by atoms with Crippen molar-refractivity contribution >= 4 is 22.8 Å². The van der Waals surface area contributed by atoms with Crippen molar-refractivity contribution < 1.29 is 13.9 Å². The average molecular weight is 376 g/mol. The second kappa shape index (κ2) is 11.2. The Bertz CT molecular complexity index is 758. The molecule has 0 aliphatic carbocycles. The minimum absolute atomic E-state index is 0.159. The van der Waals surface area contributed by atoms with Crippen molar-refractivity contribution in [3.05, 3.63) is 35.8 Å². The normalized spacial score (nSPS) is 11.6. The fourth-order valence-corrected chi connectivity index (χ4v) is 2.87. The number of aliphatic imine (C=N–C) groups is 1. The van der Waals surface area contributed by atoms with E-state index in [1.807, 2.05) is 19.2 Å². The number of rotatable bonds is 10. The van der Waals surface area contributed by atoms with Gasteiger partial charge in [0.05, 0.1) is 7.11 Å². The predicted molar refractivity (Wildman–Crippen MR) is 106 cm³/mol. The van der Waals surface area contributed by atoms with E-state index in [0.717, 1.165) is 61.2 Å². The lowest BCUT2D eigenvalue weighted by atomic mass is 10.1. The fourth-order valence-electron chi connectivity index (χ4n) is 2.87. The number of guanidine groups is 1. The number of aromatic amines is 1. The van der Waals surface area contributed by atoms with E-state index in [0.29, 0.717) is 13.0 Å². The molecule has 0 saturated heterocycles. The molecule has 6 nitrogen and oxygen atoms in total. The summed E-state index contributed by atoms with van der Waals surface area (Å²) in [7, 11) is 1.41. The Morgan fingerprint density at radius 3 is 2.89 bits per heavy atom. The molecule has 0 bridgehead atoms. The van der Waals surface area contributed by atoms with Crippen molar-refractivity contribution in [2.45, 2.75) is 39.0 Å². The van der Waals surface area contributed by atoms with E-state index in [-0.39, 0.29) is 11.8 Å². The zero-order valence-electron chi connectivity index (χ0n) is 16.1. The number of hydrogen-bond donors (Lipinski definition) is 3. The first-order valence-electron chi connectivity index (χ1n) is 9.48. The third-order valence-electron chi connectivity index (χ3n) is 4.30. The van der Waals surface area contributed by atoms with E-state index >= 15 is 0 Å². The number of hydrogen-bond acceptors (Lipinski definition) is 3. The SMILES string of the molecule is CCNC(=NCCCCCC(=O)OC)NCCc1c[nH]c2cc(F)ccc12. The Hall–Kier alpha value is -2.57. The summed E-state index contributed by atoms with van der Waals surface area (Å²) in [4.78, 5) is 18.7. The first-order valence-corrected chi connectivity index (χ1v) is 9.48. The van der Waals surface area contributed by atoms with E-state index in [2.05, 4.69) is 25.3 Å². The lowest BCUT2D eigenvalue weighted by molar-refractivity contribution is -0.140. The summed E-state index contributed by atoms with van der Waals surface area (Å²) in [5, 5.41) is 7.61. The van der Waals surface area contributed by atoms with Crippen LogP contribution >= 0.6 is 0 Å². The molecule has 2 rings (SSSR count).